The number of benzene rings is 1. The maximum Gasteiger partial charge on any atom is 0.258 e. The van der Waals surface area contributed by atoms with E-state index >= 15 is 0 Å². The van der Waals surface area contributed by atoms with Crippen molar-refractivity contribution in [3.63, 3.8) is 0 Å². The summed E-state index contributed by atoms with van der Waals surface area (Å²) in [5, 5.41) is 2.76. The van der Waals surface area contributed by atoms with E-state index in [1.54, 1.807) is 35.2 Å². The van der Waals surface area contributed by atoms with Crippen molar-refractivity contribution in [3.05, 3.63) is 53.5 Å². The van der Waals surface area contributed by atoms with Crippen LogP contribution in [0.25, 0.3) is 0 Å². The van der Waals surface area contributed by atoms with Gasteiger partial charge in [0.05, 0.1) is 23.4 Å². The number of nitrogens with one attached hydrogen (secondary N) is 1. The third kappa shape index (κ3) is 4.37. The van der Waals surface area contributed by atoms with E-state index in [9.17, 15) is 9.59 Å². The molecule has 7 heteroatoms. The van der Waals surface area contributed by atoms with Crippen LogP contribution in [0.2, 0.25) is 0 Å². The SMILES string of the molecule is CCN(CC)C(=O)c1ccccc1NC(=O)c1coc(CN)c1.Cl. The van der Waals surface area contributed by atoms with Crippen LogP contribution >= 0.6 is 12.4 Å². The molecule has 1 aromatic carbocycles. The van der Waals surface area contributed by atoms with Gasteiger partial charge in [-0.05, 0) is 32.0 Å². The first kappa shape index (κ1) is 19.7. The molecule has 0 saturated carbocycles. The van der Waals surface area contributed by atoms with Gasteiger partial charge in [0.2, 0.25) is 0 Å². The van der Waals surface area contributed by atoms with Gasteiger partial charge in [0.25, 0.3) is 11.8 Å². The van der Waals surface area contributed by atoms with E-state index in [4.69, 9.17) is 10.2 Å². The molecule has 0 saturated heterocycles. The summed E-state index contributed by atoms with van der Waals surface area (Å²) in [6, 6.07) is 8.55. The second-order valence-electron chi connectivity index (χ2n) is 4.98. The summed E-state index contributed by atoms with van der Waals surface area (Å²) < 4.78 is 5.16. The van der Waals surface area contributed by atoms with Crippen LogP contribution in [0.1, 0.15) is 40.3 Å². The third-order valence-corrected chi connectivity index (χ3v) is 3.57. The van der Waals surface area contributed by atoms with Crippen molar-refractivity contribution >= 4 is 29.9 Å². The van der Waals surface area contributed by atoms with Crippen molar-refractivity contribution in [1.82, 2.24) is 4.90 Å². The van der Waals surface area contributed by atoms with E-state index in [1.807, 2.05) is 13.8 Å². The molecular formula is C17H22ClN3O3. The van der Waals surface area contributed by atoms with E-state index < -0.39 is 0 Å². The second-order valence-corrected chi connectivity index (χ2v) is 4.98. The summed E-state index contributed by atoms with van der Waals surface area (Å²) in [6.45, 7) is 5.29. The standard InChI is InChI=1S/C17H21N3O3.ClH/c1-3-20(4-2)17(22)14-7-5-6-8-15(14)19-16(21)12-9-13(10-18)23-11-12;/h5-9,11H,3-4,10,18H2,1-2H3,(H,19,21);1H. The minimum absolute atomic E-state index is 0. The summed E-state index contributed by atoms with van der Waals surface area (Å²) in [6.07, 6.45) is 1.35. The van der Waals surface area contributed by atoms with E-state index in [-0.39, 0.29) is 30.8 Å². The summed E-state index contributed by atoms with van der Waals surface area (Å²) in [4.78, 5) is 26.5. The molecule has 0 aliphatic heterocycles. The van der Waals surface area contributed by atoms with Crippen LogP contribution in [-0.2, 0) is 6.54 Å². The first-order valence-corrected chi connectivity index (χ1v) is 7.57. The topological polar surface area (TPSA) is 88.6 Å². The average molecular weight is 352 g/mol. The largest absolute Gasteiger partial charge is 0.467 e. The molecule has 0 aliphatic carbocycles. The number of furan rings is 1. The molecule has 0 radical (unpaired) electrons. The van der Waals surface area contributed by atoms with E-state index in [1.165, 1.54) is 6.26 Å². The molecule has 0 bridgehead atoms. The Bertz CT molecular complexity index is 696. The van der Waals surface area contributed by atoms with Crippen LogP contribution in [0.4, 0.5) is 5.69 Å². The fraction of sp³-hybridized carbons (Fsp3) is 0.294. The number of nitrogens with zero attached hydrogens (tertiary/aromatic N) is 1. The lowest BCUT2D eigenvalue weighted by molar-refractivity contribution is 0.0774. The minimum Gasteiger partial charge on any atom is -0.467 e. The number of para-hydroxylation sites is 1. The average Bonchev–Trinajstić information content (AvgIpc) is 3.05. The van der Waals surface area contributed by atoms with Crippen molar-refractivity contribution < 1.29 is 14.0 Å². The van der Waals surface area contributed by atoms with Crippen LogP contribution in [0.3, 0.4) is 0 Å². The zero-order chi connectivity index (χ0) is 16.8. The highest BCUT2D eigenvalue weighted by molar-refractivity contribution is 6.08. The molecule has 0 spiro atoms. The zero-order valence-corrected chi connectivity index (χ0v) is 14.6. The molecule has 0 unspecified atom stereocenters. The lowest BCUT2D eigenvalue weighted by Gasteiger charge is -2.20. The maximum atomic E-state index is 12.5. The Kier molecular flexibility index (Phi) is 7.48. The van der Waals surface area contributed by atoms with Crippen LogP contribution in [-0.4, -0.2) is 29.8 Å². The van der Waals surface area contributed by atoms with Gasteiger partial charge in [0.1, 0.15) is 12.0 Å². The number of anilines is 1. The van der Waals surface area contributed by atoms with Crippen molar-refractivity contribution in [2.75, 3.05) is 18.4 Å². The molecule has 2 amide bonds. The van der Waals surface area contributed by atoms with Gasteiger partial charge < -0.3 is 20.4 Å². The van der Waals surface area contributed by atoms with E-state index in [0.29, 0.717) is 35.7 Å². The molecular weight excluding hydrogens is 330 g/mol. The summed E-state index contributed by atoms with van der Waals surface area (Å²) in [5.74, 6) is 0.0802. The third-order valence-electron chi connectivity index (χ3n) is 3.57. The molecule has 2 aromatic rings. The molecule has 1 heterocycles. The smallest absolute Gasteiger partial charge is 0.258 e. The zero-order valence-electron chi connectivity index (χ0n) is 13.7. The number of halogens is 1. The van der Waals surface area contributed by atoms with Crippen LogP contribution < -0.4 is 11.1 Å². The van der Waals surface area contributed by atoms with E-state index in [0.717, 1.165) is 0 Å². The molecule has 0 aliphatic rings. The summed E-state index contributed by atoms with van der Waals surface area (Å²) in [7, 11) is 0. The van der Waals surface area contributed by atoms with Gasteiger partial charge in [-0.15, -0.1) is 12.4 Å². The van der Waals surface area contributed by atoms with Gasteiger partial charge in [-0.25, -0.2) is 0 Å². The van der Waals surface area contributed by atoms with Crippen LogP contribution in [0.15, 0.2) is 41.0 Å². The molecule has 130 valence electrons. The number of carbonyl (C=O) groups excluding carboxylic acids is 2. The lowest BCUT2D eigenvalue weighted by atomic mass is 10.1. The molecule has 24 heavy (non-hydrogen) atoms. The molecule has 3 N–H and O–H groups in total. The molecule has 6 nitrogen and oxygen atoms in total. The first-order valence-electron chi connectivity index (χ1n) is 7.57. The van der Waals surface area contributed by atoms with Gasteiger partial charge in [-0.2, -0.15) is 0 Å². The number of nitrogens with two attached hydrogens (primary N) is 1. The number of rotatable bonds is 6. The summed E-state index contributed by atoms with van der Waals surface area (Å²) in [5.41, 5.74) is 6.78. The number of hydrogen-bond acceptors (Lipinski definition) is 4. The highest BCUT2D eigenvalue weighted by Gasteiger charge is 2.18. The molecule has 0 atom stereocenters. The lowest BCUT2D eigenvalue weighted by Crippen LogP contribution is -2.31. The van der Waals surface area contributed by atoms with Crippen molar-refractivity contribution in [1.29, 1.82) is 0 Å². The Morgan fingerprint density at radius 3 is 2.46 bits per heavy atom. The number of hydrogen-bond donors (Lipinski definition) is 2. The minimum atomic E-state index is -0.340. The van der Waals surface area contributed by atoms with Gasteiger partial charge in [0.15, 0.2) is 0 Å². The molecule has 0 fully saturated rings. The monoisotopic (exact) mass is 351 g/mol. The second kappa shape index (κ2) is 9.10. The predicted molar refractivity (Wildman–Crippen MR) is 95.5 cm³/mol. The highest BCUT2D eigenvalue weighted by atomic mass is 35.5. The normalized spacial score (nSPS) is 9.96. The first-order chi connectivity index (χ1) is 11.1. The Morgan fingerprint density at radius 1 is 1.21 bits per heavy atom. The molecule has 1 aromatic heterocycles. The van der Waals surface area contributed by atoms with Crippen LogP contribution in [0.5, 0.6) is 0 Å². The van der Waals surface area contributed by atoms with Gasteiger partial charge in [-0.3, -0.25) is 9.59 Å². The Hall–Kier alpha value is -2.31. The Morgan fingerprint density at radius 2 is 1.88 bits per heavy atom. The quantitative estimate of drug-likeness (QED) is 0.837. The predicted octanol–water partition coefficient (Wildman–Crippen LogP) is 2.89. The number of amides is 2. The van der Waals surface area contributed by atoms with Gasteiger partial charge in [0, 0.05) is 13.1 Å². The van der Waals surface area contributed by atoms with Crippen LogP contribution in [0, 0.1) is 0 Å². The Balaban J connectivity index is 0.00000288. The Labute approximate surface area is 147 Å². The van der Waals surface area contributed by atoms with E-state index in [2.05, 4.69) is 5.32 Å². The highest BCUT2D eigenvalue weighted by Crippen LogP contribution is 2.19. The maximum absolute atomic E-state index is 12.5. The fourth-order valence-corrected chi connectivity index (χ4v) is 2.26. The summed E-state index contributed by atoms with van der Waals surface area (Å²) >= 11 is 0. The van der Waals surface area contributed by atoms with Gasteiger partial charge in [-0.1, -0.05) is 12.1 Å². The molecule has 2 rings (SSSR count). The number of carbonyl (C=O) groups is 2. The van der Waals surface area contributed by atoms with Gasteiger partial charge >= 0.3 is 0 Å². The fourth-order valence-electron chi connectivity index (χ4n) is 2.26. The van der Waals surface area contributed by atoms with Crippen molar-refractivity contribution in [2.45, 2.75) is 20.4 Å². The van der Waals surface area contributed by atoms with Crippen molar-refractivity contribution in [3.8, 4) is 0 Å². The van der Waals surface area contributed by atoms with Crippen molar-refractivity contribution in [2.24, 2.45) is 5.73 Å².